The summed E-state index contributed by atoms with van der Waals surface area (Å²) in [5, 5.41) is 0. The maximum Gasteiger partial charge on any atom is 0.232 e. The van der Waals surface area contributed by atoms with Crippen LogP contribution in [0.4, 0.5) is 5.69 Å². The van der Waals surface area contributed by atoms with Crippen molar-refractivity contribution in [2.45, 2.75) is 32.1 Å². The van der Waals surface area contributed by atoms with E-state index in [1.807, 2.05) is 18.2 Å². The van der Waals surface area contributed by atoms with Crippen molar-refractivity contribution in [2.24, 2.45) is 0 Å². The molecule has 1 aliphatic heterocycles. The Morgan fingerprint density at radius 3 is 2.00 bits per heavy atom. The zero-order valence-electron chi connectivity index (χ0n) is 17.1. The summed E-state index contributed by atoms with van der Waals surface area (Å²) < 4.78 is 26.3. The molecule has 29 heavy (non-hydrogen) atoms. The fourth-order valence-electron chi connectivity index (χ4n) is 3.79. The maximum absolute atomic E-state index is 12.6. The predicted octanol–water partition coefficient (Wildman–Crippen LogP) is 3.95. The number of hydrogen-bond donors (Lipinski definition) is 0. The molecule has 1 aliphatic rings. The molecule has 2 aromatic carbocycles. The monoisotopic (exact) mass is 414 g/mol. The second-order valence-electron chi connectivity index (χ2n) is 7.69. The van der Waals surface area contributed by atoms with Gasteiger partial charge in [-0.3, -0.25) is 9.10 Å². The molecule has 3 rings (SSSR count). The van der Waals surface area contributed by atoms with Crippen LogP contribution in [0.15, 0.2) is 54.6 Å². The van der Waals surface area contributed by atoms with Gasteiger partial charge in [0, 0.05) is 24.2 Å². The van der Waals surface area contributed by atoms with E-state index in [9.17, 15) is 13.2 Å². The van der Waals surface area contributed by atoms with Crippen molar-refractivity contribution in [3.8, 4) is 0 Å². The Hall–Kier alpha value is -2.18. The van der Waals surface area contributed by atoms with Crippen molar-refractivity contribution in [1.82, 2.24) is 4.90 Å². The van der Waals surface area contributed by atoms with E-state index in [2.05, 4.69) is 4.90 Å². The molecule has 0 unspecified atom stereocenters. The van der Waals surface area contributed by atoms with Crippen LogP contribution in [0.3, 0.4) is 0 Å². The van der Waals surface area contributed by atoms with Gasteiger partial charge >= 0.3 is 0 Å². The summed E-state index contributed by atoms with van der Waals surface area (Å²) in [5.41, 5.74) is 1.78. The zero-order valence-corrected chi connectivity index (χ0v) is 17.9. The molecular weight excluding hydrogens is 384 g/mol. The number of sulfonamides is 1. The van der Waals surface area contributed by atoms with Crippen LogP contribution in [-0.4, -0.2) is 51.5 Å². The Morgan fingerprint density at radius 2 is 1.41 bits per heavy atom. The minimum Gasteiger partial charge on any atom is -0.302 e. The van der Waals surface area contributed by atoms with Gasteiger partial charge in [0.1, 0.15) is 0 Å². The van der Waals surface area contributed by atoms with Crippen molar-refractivity contribution < 1.29 is 13.2 Å². The van der Waals surface area contributed by atoms with E-state index in [0.717, 1.165) is 19.6 Å². The Morgan fingerprint density at radius 1 is 0.862 bits per heavy atom. The highest BCUT2D eigenvalue weighted by Crippen LogP contribution is 2.20. The Labute approximate surface area is 174 Å². The molecule has 0 N–H and O–H groups in total. The third kappa shape index (κ3) is 6.15. The molecule has 0 atom stereocenters. The maximum atomic E-state index is 12.6. The number of likely N-dealkylation sites (tertiary alicyclic amines) is 1. The number of hydrogen-bond acceptors (Lipinski definition) is 4. The van der Waals surface area contributed by atoms with Crippen LogP contribution in [0.2, 0.25) is 0 Å². The summed E-state index contributed by atoms with van der Waals surface area (Å²) in [6, 6.07) is 16.0. The van der Waals surface area contributed by atoms with Gasteiger partial charge in [0.05, 0.1) is 11.9 Å². The molecule has 2 aromatic rings. The standard InChI is InChI=1S/C23H30N2O3S/c1-29(27,28)25(19-18-24-16-8-3-2-4-9-17-24)22-14-12-21(13-15-22)23(26)20-10-6-5-7-11-20/h5-7,10-15H,2-4,8-9,16-19H2,1H3. The van der Waals surface area contributed by atoms with Crippen LogP contribution >= 0.6 is 0 Å². The summed E-state index contributed by atoms with van der Waals surface area (Å²) in [5.74, 6) is -0.0660. The Bertz CT molecular complexity index is 887. The third-order valence-corrected chi connectivity index (χ3v) is 6.62. The average molecular weight is 415 g/mol. The summed E-state index contributed by atoms with van der Waals surface area (Å²) in [7, 11) is -3.40. The van der Waals surface area contributed by atoms with Crippen LogP contribution in [0.1, 0.15) is 48.0 Å². The van der Waals surface area contributed by atoms with Crippen LogP contribution in [-0.2, 0) is 10.0 Å². The SMILES string of the molecule is CS(=O)(=O)N(CCN1CCCCCCC1)c1ccc(C(=O)c2ccccc2)cc1. The molecule has 1 fully saturated rings. The topological polar surface area (TPSA) is 57.7 Å². The number of carbonyl (C=O) groups excluding carboxylic acids is 1. The van der Waals surface area contributed by atoms with Gasteiger partial charge in [-0.15, -0.1) is 0 Å². The summed E-state index contributed by atoms with van der Waals surface area (Å²) in [4.78, 5) is 14.9. The number of ketones is 1. The lowest BCUT2D eigenvalue weighted by Gasteiger charge is -2.29. The normalized spacial score (nSPS) is 16.0. The number of anilines is 1. The quantitative estimate of drug-likeness (QED) is 0.644. The number of benzene rings is 2. The first kappa shape index (κ1) is 21.5. The Kier molecular flexibility index (Phi) is 7.45. The highest BCUT2D eigenvalue weighted by Gasteiger charge is 2.19. The van der Waals surface area contributed by atoms with Gasteiger partial charge in [-0.1, -0.05) is 49.6 Å². The van der Waals surface area contributed by atoms with Crippen LogP contribution in [0.5, 0.6) is 0 Å². The van der Waals surface area contributed by atoms with E-state index in [1.165, 1.54) is 42.7 Å². The van der Waals surface area contributed by atoms with Crippen molar-refractivity contribution >= 4 is 21.5 Å². The van der Waals surface area contributed by atoms with Gasteiger partial charge in [0.2, 0.25) is 10.0 Å². The Balaban J connectivity index is 1.71. The van der Waals surface area contributed by atoms with Crippen molar-refractivity contribution in [1.29, 1.82) is 0 Å². The minimum atomic E-state index is -3.40. The van der Waals surface area contributed by atoms with Gasteiger partial charge in [-0.05, 0) is 50.2 Å². The van der Waals surface area contributed by atoms with Crippen LogP contribution < -0.4 is 4.31 Å². The van der Waals surface area contributed by atoms with Gasteiger partial charge in [0.15, 0.2) is 5.78 Å². The summed E-state index contributed by atoms with van der Waals surface area (Å²) >= 11 is 0. The first-order valence-corrected chi connectivity index (χ1v) is 12.2. The predicted molar refractivity (Wildman–Crippen MR) is 118 cm³/mol. The first-order valence-electron chi connectivity index (χ1n) is 10.3. The molecular formula is C23H30N2O3S. The van der Waals surface area contributed by atoms with E-state index >= 15 is 0 Å². The molecule has 1 saturated heterocycles. The van der Waals surface area contributed by atoms with E-state index in [-0.39, 0.29) is 5.78 Å². The average Bonchev–Trinajstić information content (AvgIpc) is 2.69. The fraction of sp³-hybridized carbons (Fsp3) is 0.435. The van der Waals surface area contributed by atoms with Crippen LogP contribution in [0, 0.1) is 0 Å². The van der Waals surface area contributed by atoms with Crippen molar-refractivity contribution in [3.63, 3.8) is 0 Å². The molecule has 0 saturated carbocycles. The lowest BCUT2D eigenvalue weighted by Crippen LogP contribution is -2.39. The molecule has 6 heteroatoms. The zero-order chi connectivity index (χ0) is 20.7. The highest BCUT2D eigenvalue weighted by molar-refractivity contribution is 7.92. The van der Waals surface area contributed by atoms with Crippen LogP contribution in [0.25, 0.3) is 0 Å². The van der Waals surface area contributed by atoms with Crippen molar-refractivity contribution in [2.75, 3.05) is 36.7 Å². The highest BCUT2D eigenvalue weighted by atomic mass is 32.2. The molecule has 0 amide bonds. The minimum absolute atomic E-state index is 0.0660. The largest absolute Gasteiger partial charge is 0.302 e. The second kappa shape index (κ2) is 10.0. The fourth-order valence-corrected chi connectivity index (χ4v) is 4.71. The lowest BCUT2D eigenvalue weighted by molar-refractivity contribution is 0.103. The van der Waals surface area contributed by atoms with Crippen molar-refractivity contribution in [3.05, 3.63) is 65.7 Å². The van der Waals surface area contributed by atoms with E-state index in [0.29, 0.717) is 23.4 Å². The molecule has 0 radical (unpaired) electrons. The third-order valence-electron chi connectivity index (χ3n) is 5.42. The molecule has 0 spiro atoms. The smallest absolute Gasteiger partial charge is 0.232 e. The van der Waals surface area contributed by atoms with Gasteiger partial charge in [-0.25, -0.2) is 8.42 Å². The van der Waals surface area contributed by atoms with E-state index in [4.69, 9.17) is 0 Å². The van der Waals surface area contributed by atoms with E-state index in [1.54, 1.807) is 36.4 Å². The second-order valence-corrected chi connectivity index (χ2v) is 9.59. The molecule has 5 nitrogen and oxygen atoms in total. The summed E-state index contributed by atoms with van der Waals surface area (Å²) in [6.07, 6.45) is 7.40. The molecule has 1 heterocycles. The number of carbonyl (C=O) groups is 1. The summed E-state index contributed by atoms with van der Waals surface area (Å²) in [6.45, 7) is 3.20. The van der Waals surface area contributed by atoms with Gasteiger partial charge in [0.25, 0.3) is 0 Å². The van der Waals surface area contributed by atoms with E-state index < -0.39 is 10.0 Å². The molecule has 0 aromatic heterocycles. The number of nitrogens with zero attached hydrogens (tertiary/aromatic N) is 2. The molecule has 156 valence electrons. The first-order chi connectivity index (χ1) is 13.9. The molecule has 0 aliphatic carbocycles. The molecule has 0 bridgehead atoms. The van der Waals surface area contributed by atoms with Gasteiger partial charge < -0.3 is 4.90 Å². The number of rotatable bonds is 7. The lowest BCUT2D eigenvalue weighted by atomic mass is 10.0. The van der Waals surface area contributed by atoms with Gasteiger partial charge in [-0.2, -0.15) is 0 Å².